The zero-order chi connectivity index (χ0) is 16.1. The van der Waals surface area contributed by atoms with E-state index in [9.17, 15) is 4.79 Å². The normalized spacial score (nSPS) is 17.2. The van der Waals surface area contributed by atoms with Crippen molar-refractivity contribution in [1.82, 2.24) is 4.90 Å². The van der Waals surface area contributed by atoms with E-state index >= 15 is 0 Å². The number of benzene rings is 1. The van der Waals surface area contributed by atoms with Gasteiger partial charge in [-0.3, -0.25) is 9.69 Å². The van der Waals surface area contributed by atoms with E-state index in [1.165, 1.54) is 17.1 Å². The van der Waals surface area contributed by atoms with Crippen molar-refractivity contribution in [2.75, 3.05) is 29.9 Å². The second kappa shape index (κ2) is 11.2. The van der Waals surface area contributed by atoms with E-state index in [0.29, 0.717) is 0 Å². The summed E-state index contributed by atoms with van der Waals surface area (Å²) in [4.78, 5) is 14.7. The molecule has 24 heavy (non-hydrogen) atoms. The maximum atomic E-state index is 12.2. The zero-order valence-electron chi connectivity index (χ0n) is 14.6. The average Bonchev–Trinajstić information content (AvgIpc) is 2.51. The quantitative estimate of drug-likeness (QED) is 0.805. The van der Waals surface area contributed by atoms with Gasteiger partial charge >= 0.3 is 0 Å². The molecule has 0 bridgehead atoms. The molecule has 7 heteroatoms. The smallest absolute Gasteiger partial charge is 0.228 e. The molecule has 0 saturated carbocycles. The van der Waals surface area contributed by atoms with Gasteiger partial charge in [-0.2, -0.15) is 11.8 Å². The summed E-state index contributed by atoms with van der Waals surface area (Å²) < 4.78 is 0. The van der Waals surface area contributed by atoms with Gasteiger partial charge in [-0.05, 0) is 31.0 Å². The van der Waals surface area contributed by atoms with Gasteiger partial charge in [0.1, 0.15) is 0 Å². The van der Waals surface area contributed by atoms with Crippen LogP contribution in [0, 0.1) is 12.8 Å². The van der Waals surface area contributed by atoms with Crippen molar-refractivity contribution in [3.05, 3.63) is 29.3 Å². The Bertz CT molecular complexity index is 523. The van der Waals surface area contributed by atoms with Crippen molar-refractivity contribution in [3.63, 3.8) is 0 Å². The van der Waals surface area contributed by atoms with E-state index in [2.05, 4.69) is 23.2 Å². The van der Waals surface area contributed by atoms with E-state index in [1.807, 2.05) is 37.7 Å². The van der Waals surface area contributed by atoms with Crippen LogP contribution in [-0.2, 0) is 11.3 Å². The minimum absolute atomic E-state index is 0. The molecule has 1 amide bonds. The van der Waals surface area contributed by atoms with Crippen molar-refractivity contribution in [2.45, 2.75) is 33.4 Å². The van der Waals surface area contributed by atoms with Gasteiger partial charge in [0, 0.05) is 42.9 Å². The van der Waals surface area contributed by atoms with Gasteiger partial charge in [0.2, 0.25) is 5.91 Å². The Kier molecular flexibility index (Phi) is 11.0. The molecule has 1 fully saturated rings. The van der Waals surface area contributed by atoms with Gasteiger partial charge in [-0.25, -0.2) is 0 Å². The number of halogens is 2. The predicted octanol–water partition coefficient (Wildman–Crippen LogP) is 3.31. The van der Waals surface area contributed by atoms with Crippen molar-refractivity contribution >= 4 is 48.2 Å². The summed E-state index contributed by atoms with van der Waals surface area (Å²) in [6.07, 6.45) is 0. The molecular weight excluding hydrogens is 365 g/mol. The first-order chi connectivity index (χ1) is 10.5. The maximum Gasteiger partial charge on any atom is 0.228 e. The molecule has 3 N–H and O–H groups in total. The first-order valence-electron chi connectivity index (χ1n) is 7.94. The van der Waals surface area contributed by atoms with E-state index < -0.39 is 0 Å². The molecule has 1 aromatic carbocycles. The van der Waals surface area contributed by atoms with Crippen molar-refractivity contribution in [1.29, 1.82) is 0 Å². The molecule has 0 aliphatic carbocycles. The van der Waals surface area contributed by atoms with Crippen LogP contribution in [0.2, 0.25) is 0 Å². The molecule has 4 nitrogen and oxygen atoms in total. The topological polar surface area (TPSA) is 58.4 Å². The second-order valence-electron chi connectivity index (χ2n) is 6.12. The zero-order valence-corrected chi connectivity index (χ0v) is 17.0. The number of hydrogen-bond acceptors (Lipinski definition) is 4. The molecule has 0 radical (unpaired) electrons. The second-order valence-corrected chi connectivity index (χ2v) is 7.34. The molecular formula is C17H29Cl2N3OS. The predicted molar refractivity (Wildman–Crippen MR) is 110 cm³/mol. The van der Waals surface area contributed by atoms with E-state index in [4.69, 9.17) is 5.73 Å². The van der Waals surface area contributed by atoms with Crippen LogP contribution in [0.3, 0.4) is 0 Å². The first kappa shape index (κ1) is 23.5. The standard InChI is InChI=1S/C17H27N3OS.2ClH/c1-12(14(3)18)17(21)19-16-6-4-5-15(13(16)2)11-20-7-9-22-10-8-20;;/h4-6,12,14H,7-11,18H2,1-3H3,(H,19,21);2*1H. The fraction of sp³-hybridized carbons (Fsp3) is 0.588. The SMILES string of the molecule is Cc1c(CN2CCSCC2)cccc1NC(=O)C(C)C(C)N.Cl.Cl. The molecule has 1 saturated heterocycles. The number of anilines is 1. The van der Waals surface area contributed by atoms with Crippen LogP contribution in [0.25, 0.3) is 0 Å². The number of nitrogens with two attached hydrogens (primary N) is 1. The lowest BCUT2D eigenvalue weighted by Crippen LogP contribution is -2.34. The third kappa shape index (κ3) is 6.45. The minimum Gasteiger partial charge on any atom is -0.327 e. The summed E-state index contributed by atoms with van der Waals surface area (Å²) >= 11 is 2.02. The largest absolute Gasteiger partial charge is 0.327 e. The molecule has 138 valence electrons. The number of nitrogens with one attached hydrogen (secondary N) is 1. The fourth-order valence-corrected chi connectivity index (χ4v) is 3.45. The Balaban J connectivity index is 0.00000264. The third-order valence-electron chi connectivity index (χ3n) is 4.40. The molecule has 1 aliphatic heterocycles. The van der Waals surface area contributed by atoms with Gasteiger partial charge in [0.05, 0.1) is 5.92 Å². The molecule has 0 spiro atoms. The molecule has 1 aliphatic rings. The minimum atomic E-state index is -0.192. The lowest BCUT2D eigenvalue weighted by atomic mass is 10.0. The monoisotopic (exact) mass is 393 g/mol. The van der Waals surface area contributed by atoms with E-state index in [1.54, 1.807) is 0 Å². The molecule has 2 atom stereocenters. The summed E-state index contributed by atoms with van der Waals surface area (Å²) in [6.45, 7) is 9.05. The number of hydrogen-bond donors (Lipinski definition) is 2. The van der Waals surface area contributed by atoms with Crippen molar-refractivity contribution in [2.24, 2.45) is 11.7 Å². The lowest BCUT2D eigenvalue weighted by molar-refractivity contribution is -0.119. The van der Waals surface area contributed by atoms with Crippen molar-refractivity contribution < 1.29 is 4.79 Å². The van der Waals surface area contributed by atoms with Crippen LogP contribution in [0.1, 0.15) is 25.0 Å². The number of carbonyl (C=O) groups excluding carboxylic acids is 1. The summed E-state index contributed by atoms with van der Waals surface area (Å²) in [5.74, 6) is 2.22. The van der Waals surface area contributed by atoms with Gasteiger partial charge in [-0.1, -0.05) is 19.1 Å². The Morgan fingerprint density at radius 3 is 2.50 bits per heavy atom. The number of amides is 1. The van der Waals surface area contributed by atoms with Gasteiger partial charge in [0.15, 0.2) is 0 Å². The average molecular weight is 394 g/mol. The highest BCUT2D eigenvalue weighted by Crippen LogP contribution is 2.22. The Morgan fingerprint density at radius 2 is 1.92 bits per heavy atom. The first-order valence-corrected chi connectivity index (χ1v) is 9.09. The summed E-state index contributed by atoms with van der Waals surface area (Å²) in [5.41, 5.74) is 9.16. The summed E-state index contributed by atoms with van der Waals surface area (Å²) in [7, 11) is 0. The van der Waals surface area contributed by atoms with Gasteiger partial charge < -0.3 is 11.1 Å². The van der Waals surface area contributed by atoms with Crippen LogP contribution >= 0.6 is 36.6 Å². The van der Waals surface area contributed by atoms with Crippen LogP contribution in [0.5, 0.6) is 0 Å². The Morgan fingerprint density at radius 1 is 1.29 bits per heavy atom. The third-order valence-corrected chi connectivity index (χ3v) is 5.35. The Labute approximate surface area is 162 Å². The molecule has 2 rings (SSSR count). The van der Waals surface area contributed by atoms with Crippen molar-refractivity contribution in [3.8, 4) is 0 Å². The molecule has 2 unspecified atom stereocenters. The molecule has 1 heterocycles. The summed E-state index contributed by atoms with van der Waals surface area (Å²) in [5, 5.41) is 3.03. The van der Waals surface area contributed by atoms with Crippen LogP contribution < -0.4 is 11.1 Å². The number of thioether (sulfide) groups is 1. The highest BCUT2D eigenvalue weighted by Gasteiger charge is 2.18. The Hall–Kier alpha value is -0.460. The number of nitrogens with zero attached hydrogens (tertiary/aromatic N) is 1. The number of carbonyl (C=O) groups is 1. The fourth-order valence-electron chi connectivity index (χ4n) is 2.48. The number of rotatable bonds is 5. The van der Waals surface area contributed by atoms with E-state index in [-0.39, 0.29) is 42.7 Å². The summed E-state index contributed by atoms with van der Waals surface area (Å²) in [6, 6.07) is 6.00. The molecule has 0 aromatic heterocycles. The van der Waals surface area contributed by atoms with Crippen LogP contribution in [0.15, 0.2) is 18.2 Å². The van der Waals surface area contributed by atoms with Gasteiger partial charge in [-0.15, -0.1) is 24.8 Å². The molecule has 1 aromatic rings. The van der Waals surface area contributed by atoms with E-state index in [0.717, 1.165) is 30.9 Å². The maximum absolute atomic E-state index is 12.2. The van der Waals surface area contributed by atoms with Gasteiger partial charge in [0.25, 0.3) is 0 Å². The lowest BCUT2D eigenvalue weighted by Gasteiger charge is -2.27. The van der Waals surface area contributed by atoms with Crippen LogP contribution in [-0.4, -0.2) is 41.4 Å². The highest BCUT2D eigenvalue weighted by atomic mass is 35.5. The highest BCUT2D eigenvalue weighted by molar-refractivity contribution is 7.99. The van der Waals surface area contributed by atoms with Crippen LogP contribution in [0.4, 0.5) is 5.69 Å².